The summed E-state index contributed by atoms with van der Waals surface area (Å²) in [5.41, 5.74) is 4.43. The van der Waals surface area contributed by atoms with Crippen molar-refractivity contribution >= 4 is 17.8 Å². The molecule has 1 heterocycles. The van der Waals surface area contributed by atoms with Crippen LogP contribution < -0.4 is 4.90 Å². The Hall–Kier alpha value is -2.62. The number of hydrogen-bond donors (Lipinski definition) is 0. The van der Waals surface area contributed by atoms with Gasteiger partial charge in [-0.05, 0) is 42.5 Å². The van der Waals surface area contributed by atoms with E-state index in [0.29, 0.717) is 0 Å². The Morgan fingerprint density at radius 3 is 2.75 bits per heavy atom. The summed E-state index contributed by atoms with van der Waals surface area (Å²) in [5, 5.41) is 3.92. The highest BCUT2D eigenvalue weighted by Gasteiger charge is 2.30. The van der Waals surface area contributed by atoms with Crippen LogP contribution in [-0.2, 0) is 22.5 Å². The van der Waals surface area contributed by atoms with Crippen LogP contribution in [0.4, 0.5) is 5.69 Å². The molecule has 1 amide bonds. The molecule has 3 rings (SSSR count). The van der Waals surface area contributed by atoms with Crippen LogP contribution in [0.25, 0.3) is 0 Å². The molecule has 124 valence electrons. The van der Waals surface area contributed by atoms with Gasteiger partial charge in [0.25, 0.3) is 5.91 Å². The Morgan fingerprint density at radius 2 is 2.00 bits per heavy atom. The van der Waals surface area contributed by atoms with Crippen molar-refractivity contribution in [3.63, 3.8) is 0 Å². The normalized spacial score (nSPS) is 16.4. The topological polar surface area (TPSA) is 41.9 Å². The molecule has 4 nitrogen and oxygen atoms in total. The van der Waals surface area contributed by atoms with Gasteiger partial charge in [-0.15, -0.1) is 0 Å². The highest BCUT2D eigenvalue weighted by atomic mass is 16.6. The van der Waals surface area contributed by atoms with Crippen molar-refractivity contribution in [2.75, 3.05) is 11.5 Å². The summed E-state index contributed by atoms with van der Waals surface area (Å²) in [4.78, 5) is 19.5. The lowest BCUT2D eigenvalue weighted by atomic mass is 10.1. The third-order valence-corrected chi connectivity index (χ3v) is 4.33. The van der Waals surface area contributed by atoms with Crippen molar-refractivity contribution in [3.05, 3.63) is 65.2 Å². The fraction of sp³-hybridized carbons (Fsp3) is 0.300. The number of amides is 1. The number of anilines is 1. The van der Waals surface area contributed by atoms with Gasteiger partial charge in [0.1, 0.15) is 0 Å². The van der Waals surface area contributed by atoms with Gasteiger partial charge in [0.2, 0.25) is 0 Å². The number of carbonyl (C=O) groups excluding carboxylic acids is 1. The monoisotopic (exact) mass is 322 g/mol. The predicted octanol–water partition coefficient (Wildman–Crippen LogP) is 3.58. The van der Waals surface area contributed by atoms with Crippen molar-refractivity contribution in [1.82, 2.24) is 0 Å². The van der Waals surface area contributed by atoms with Crippen LogP contribution in [-0.4, -0.2) is 24.8 Å². The van der Waals surface area contributed by atoms with Crippen molar-refractivity contribution in [1.29, 1.82) is 0 Å². The van der Waals surface area contributed by atoms with Gasteiger partial charge in [-0.2, -0.15) is 0 Å². The van der Waals surface area contributed by atoms with E-state index in [1.54, 1.807) is 11.1 Å². The fourth-order valence-electron chi connectivity index (χ4n) is 3.05. The summed E-state index contributed by atoms with van der Waals surface area (Å²) in [6.07, 6.45) is 3.53. The van der Waals surface area contributed by atoms with E-state index in [4.69, 9.17) is 4.84 Å². The van der Waals surface area contributed by atoms with E-state index in [1.165, 1.54) is 11.1 Å². The molecule has 4 heteroatoms. The molecule has 0 saturated heterocycles. The molecule has 0 unspecified atom stereocenters. The SMILES string of the molecule is CCc1ccc(/C=N\OCC(=O)N2c3ccccc3C[C@H]2C)cc1. The van der Waals surface area contributed by atoms with Gasteiger partial charge < -0.3 is 9.74 Å². The van der Waals surface area contributed by atoms with Crippen LogP contribution in [0.3, 0.4) is 0 Å². The number of nitrogens with zero attached hydrogens (tertiary/aromatic N) is 2. The maximum Gasteiger partial charge on any atom is 0.268 e. The van der Waals surface area contributed by atoms with E-state index >= 15 is 0 Å². The first-order chi connectivity index (χ1) is 11.7. The summed E-state index contributed by atoms with van der Waals surface area (Å²) in [5.74, 6) is -0.0640. The molecule has 2 aromatic carbocycles. The Balaban J connectivity index is 1.56. The summed E-state index contributed by atoms with van der Waals surface area (Å²) >= 11 is 0. The average molecular weight is 322 g/mol. The lowest BCUT2D eigenvalue weighted by Gasteiger charge is -2.21. The lowest BCUT2D eigenvalue weighted by molar-refractivity contribution is -0.123. The quantitative estimate of drug-likeness (QED) is 0.624. The minimum Gasteiger partial charge on any atom is -0.386 e. The summed E-state index contributed by atoms with van der Waals surface area (Å²) in [6, 6.07) is 16.3. The zero-order valence-corrected chi connectivity index (χ0v) is 14.1. The lowest BCUT2D eigenvalue weighted by Crippen LogP contribution is -2.37. The van der Waals surface area contributed by atoms with Gasteiger partial charge in [0, 0.05) is 11.7 Å². The van der Waals surface area contributed by atoms with E-state index in [0.717, 1.165) is 24.1 Å². The molecule has 2 aromatic rings. The smallest absolute Gasteiger partial charge is 0.268 e. The average Bonchev–Trinajstić information content (AvgIpc) is 2.95. The molecule has 0 N–H and O–H groups in total. The fourth-order valence-corrected chi connectivity index (χ4v) is 3.05. The van der Waals surface area contributed by atoms with E-state index < -0.39 is 0 Å². The summed E-state index contributed by atoms with van der Waals surface area (Å²) in [7, 11) is 0. The Labute approximate surface area is 142 Å². The zero-order valence-electron chi connectivity index (χ0n) is 14.1. The zero-order chi connectivity index (χ0) is 16.9. The van der Waals surface area contributed by atoms with Crippen LogP contribution in [0.5, 0.6) is 0 Å². The number of fused-ring (bicyclic) bond motifs is 1. The van der Waals surface area contributed by atoms with E-state index in [9.17, 15) is 4.79 Å². The number of aryl methyl sites for hydroxylation is 1. The van der Waals surface area contributed by atoms with Crippen molar-refractivity contribution in [2.24, 2.45) is 5.16 Å². The maximum atomic E-state index is 12.4. The Bertz CT molecular complexity index is 738. The number of para-hydroxylation sites is 1. The first kappa shape index (κ1) is 16.2. The third kappa shape index (κ3) is 3.48. The molecule has 24 heavy (non-hydrogen) atoms. The first-order valence-corrected chi connectivity index (χ1v) is 8.33. The van der Waals surface area contributed by atoms with Crippen molar-refractivity contribution in [3.8, 4) is 0 Å². The summed E-state index contributed by atoms with van der Waals surface area (Å²) < 4.78 is 0. The van der Waals surface area contributed by atoms with Crippen LogP contribution in [0.2, 0.25) is 0 Å². The molecule has 0 radical (unpaired) electrons. The standard InChI is InChI=1S/C20H22N2O2/c1-3-16-8-10-17(11-9-16)13-21-24-14-20(23)22-15(2)12-18-6-4-5-7-19(18)22/h4-11,13,15H,3,12,14H2,1-2H3/b21-13-/t15-/m1/s1. The number of carbonyl (C=O) groups is 1. The van der Waals surface area contributed by atoms with Gasteiger partial charge in [0.15, 0.2) is 6.61 Å². The van der Waals surface area contributed by atoms with Gasteiger partial charge in [0.05, 0.1) is 6.21 Å². The molecule has 0 bridgehead atoms. The minimum absolute atomic E-state index is 0.0534. The second-order valence-corrected chi connectivity index (χ2v) is 6.05. The second-order valence-electron chi connectivity index (χ2n) is 6.05. The highest BCUT2D eigenvalue weighted by Crippen LogP contribution is 2.31. The molecule has 1 aliphatic rings. The molecule has 0 fully saturated rings. The van der Waals surface area contributed by atoms with Crippen molar-refractivity contribution < 1.29 is 9.63 Å². The van der Waals surface area contributed by atoms with E-state index in [1.807, 2.05) is 30.3 Å². The van der Waals surface area contributed by atoms with Gasteiger partial charge >= 0.3 is 0 Å². The minimum atomic E-state index is -0.0640. The predicted molar refractivity (Wildman–Crippen MR) is 96.5 cm³/mol. The van der Waals surface area contributed by atoms with Crippen LogP contribution >= 0.6 is 0 Å². The van der Waals surface area contributed by atoms with Crippen LogP contribution in [0, 0.1) is 0 Å². The highest BCUT2D eigenvalue weighted by molar-refractivity contribution is 5.97. The molecule has 0 aromatic heterocycles. The molecule has 0 saturated carbocycles. The van der Waals surface area contributed by atoms with Crippen LogP contribution in [0.15, 0.2) is 53.7 Å². The molecular formula is C20H22N2O2. The molecular weight excluding hydrogens is 300 g/mol. The largest absolute Gasteiger partial charge is 0.386 e. The third-order valence-electron chi connectivity index (χ3n) is 4.33. The molecule has 0 aliphatic carbocycles. The molecule has 1 aliphatic heterocycles. The van der Waals surface area contributed by atoms with E-state index in [2.05, 4.69) is 37.2 Å². The van der Waals surface area contributed by atoms with Crippen molar-refractivity contribution in [2.45, 2.75) is 32.7 Å². The van der Waals surface area contributed by atoms with E-state index in [-0.39, 0.29) is 18.6 Å². The summed E-state index contributed by atoms with van der Waals surface area (Å²) in [6.45, 7) is 4.12. The number of rotatable bonds is 5. The Morgan fingerprint density at radius 1 is 1.25 bits per heavy atom. The van der Waals surface area contributed by atoms with Crippen LogP contribution in [0.1, 0.15) is 30.5 Å². The number of oxime groups is 1. The van der Waals surface area contributed by atoms with Gasteiger partial charge in [-0.3, -0.25) is 4.79 Å². The molecule has 1 atom stereocenters. The maximum absolute atomic E-state index is 12.4. The Kier molecular flexibility index (Phi) is 4.94. The molecule has 0 spiro atoms. The number of benzene rings is 2. The van der Waals surface area contributed by atoms with Gasteiger partial charge in [-0.1, -0.05) is 54.5 Å². The first-order valence-electron chi connectivity index (χ1n) is 8.33. The second kappa shape index (κ2) is 7.30. The van der Waals surface area contributed by atoms with Gasteiger partial charge in [-0.25, -0.2) is 0 Å². The number of hydrogen-bond acceptors (Lipinski definition) is 3.